The highest BCUT2D eigenvalue weighted by molar-refractivity contribution is 6.20. The van der Waals surface area contributed by atoms with E-state index in [4.69, 9.17) is 11.6 Å². The Morgan fingerprint density at radius 1 is 1.62 bits per heavy atom. The van der Waals surface area contributed by atoms with Gasteiger partial charge in [0.25, 0.3) is 5.56 Å². The van der Waals surface area contributed by atoms with Crippen LogP contribution >= 0.6 is 11.6 Å². The number of alkyl halides is 1. The van der Waals surface area contributed by atoms with Crippen molar-refractivity contribution in [3.05, 3.63) is 22.7 Å². The molecule has 16 heavy (non-hydrogen) atoms. The van der Waals surface area contributed by atoms with Crippen molar-refractivity contribution in [2.45, 2.75) is 38.6 Å². The molecule has 0 aliphatic rings. The molecule has 90 valence electrons. The molecule has 5 heteroatoms. The van der Waals surface area contributed by atoms with Crippen LogP contribution in [-0.2, 0) is 6.54 Å². The Hall–Kier alpha value is -1.03. The first-order chi connectivity index (χ1) is 7.65. The van der Waals surface area contributed by atoms with Gasteiger partial charge < -0.3 is 9.88 Å². The van der Waals surface area contributed by atoms with Crippen LogP contribution in [0.2, 0.25) is 0 Å². The van der Waals surface area contributed by atoms with E-state index in [1.54, 1.807) is 17.0 Å². The van der Waals surface area contributed by atoms with Gasteiger partial charge in [0, 0.05) is 30.9 Å². The summed E-state index contributed by atoms with van der Waals surface area (Å²) in [5.74, 6) is 0.423. The zero-order valence-electron chi connectivity index (χ0n) is 9.74. The molecule has 1 unspecified atom stereocenters. The van der Waals surface area contributed by atoms with Crippen LogP contribution in [0.4, 0.5) is 5.82 Å². The molecule has 0 aliphatic carbocycles. The van der Waals surface area contributed by atoms with Crippen LogP contribution in [0.3, 0.4) is 0 Å². The number of anilines is 1. The minimum absolute atomic E-state index is 0.0658. The lowest BCUT2D eigenvalue weighted by Gasteiger charge is -2.07. The molecule has 0 aliphatic heterocycles. The first-order valence-electron chi connectivity index (χ1n) is 5.58. The van der Waals surface area contributed by atoms with Crippen molar-refractivity contribution >= 4 is 17.4 Å². The van der Waals surface area contributed by atoms with Crippen molar-refractivity contribution in [1.29, 1.82) is 0 Å². The molecule has 0 amide bonds. The first-order valence-corrected chi connectivity index (χ1v) is 6.02. The second-order valence-corrected chi connectivity index (χ2v) is 4.46. The van der Waals surface area contributed by atoms with Crippen LogP contribution in [0.5, 0.6) is 0 Å². The molecule has 0 aromatic carbocycles. The minimum Gasteiger partial charge on any atom is -0.365 e. The van der Waals surface area contributed by atoms with Crippen LogP contribution in [0, 0.1) is 0 Å². The molecular formula is C11H18ClN3O. The third-order valence-electron chi connectivity index (χ3n) is 2.33. The van der Waals surface area contributed by atoms with Gasteiger partial charge in [-0.3, -0.25) is 4.79 Å². The third-order valence-corrected chi connectivity index (χ3v) is 2.54. The number of halogens is 1. The van der Waals surface area contributed by atoms with E-state index in [2.05, 4.69) is 10.3 Å². The number of aryl methyl sites for hydroxylation is 1. The molecule has 1 rings (SSSR count). The number of aromatic nitrogens is 2. The maximum Gasteiger partial charge on any atom is 0.293 e. The lowest BCUT2D eigenvalue weighted by atomic mass is 10.2. The van der Waals surface area contributed by atoms with Gasteiger partial charge in [0.15, 0.2) is 5.82 Å². The Bertz CT molecular complexity index is 376. The highest BCUT2D eigenvalue weighted by Crippen LogP contribution is 2.03. The minimum atomic E-state index is -0.0658. The summed E-state index contributed by atoms with van der Waals surface area (Å²) in [6.07, 6.45) is 5.20. The number of nitrogens with one attached hydrogen (secondary N) is 1. The lowest BCUT2D eigenvalue weighted by Crippen LogP contribution is -2.24. The smallest absolute Gasteiger partial charge is 0.293 e. The van der Waals surface area contributed by atoms with Gasteiger partial charge in [0.1, 0.15) is 0 Å². The molecule has 1 atom stereocenters. The van der Waals surface area contributed by atoms with Crippen molar-refractivity contribution in [2.24, 2.45) is 0 Å². The summed E-state index contributed by atoms with van der Waals surface area (Å²) < 4.78 is 1.62. The van der Waals surface area contributed by atoms with Crippen LogP contribution in [0.15, 0.2) is 17.2 Å². The van der Waals surface area contributed by atoms with Crippen LogP contribution in [-0.4, -0.2) is 21.5 Å². The standard InChI is InChI=1S/C11H18ClN3O/c1-3-15-8-7-14-10(11(15)16)13-6-4-5-9(2)12/h7-9H,3-6H2,1-2H3,(H,13,14). The summed E-state index contributed by atoms with van der Waals surface area (Å²) in [6, 6.07) is 0. The van der Waals surface area contributed by atoms with E-state index in [0.29, 0.717) is 12.4 Å². The van der Waals surface area contributed by atoms with Crippen LogP contribution in [0.1, 0.15) is 26.7 Å². The highest BCUT2D eigenvalue weighted by atomic mass is 35.5. The molecule has 1 aromatic heterocycles. The largest absolute Gasteiger partial charge is 0.365 e. The van der Waals surface area contributed by atoms with E-state index in [1.807, 2.05) is 13.8 Å². The topological polar surface area (TPSA) is 46.9 Å². The van der Waals surface area contributed by atoms with Crippen molar-refractivity contribution in [2.75, 3.05) is 11.9 Å². The zero-order valence-corrected chi connectivity index (χ0v) is 10.5. The predicted molar refractivity (Wildman–Crippen MR) is 67.2 cm³/mol. The molecule has 0 bridgehead atoms. The monoisotopic (exact) mass is 243 g/mol. The molecule has 1 aromatic rings. The Balaban J connectivity index is 2.51. The van der Waals surface area contributed by atoms with E-state index in [-0.39, 0.29) is 10.9 Å². The third kappa shape index (κ3) is 3.85. The normalized spacial score (nSPS) is 12.4. The van der Waals surface area contributed by atoms with E-state index in [0.717, 1.165) is 19.4 Å². The summed E-state index contributed by atoms with van der Waals surface area (Å²) >= 11 is 5.83. The Morgan fingerprint density at radius 2 is 2.38 bits per heavy atom. The lowest BCUT2D eigenvalue weighted by molar-refractivity contribution is 0.712. The number of rotatable bonds is 6. The van der Waals surface area contributed by atoms with Gasteiger partial charge >= 0.3 is 0 Å². The van der Waals surface area contributed by atoms with Gasteiger partial charge in [0.05, 0.1) is 0 Å². The fourth-order valence-corrected chi connectivity index (χ4v) is 1.56. The summed E-state index contributed by atoms with van der Waals surface area (Å²) in [6.45, 7) is 5.29. The van der Waals surface area contributed by atoms with Gasteiger partial charge in [-0.2, -0.15) is 0 Å². The summed E-state index contributed by atoms with van der Waals surface area (Å²) in [5, 5.41) is 3.22. The van der Waals surface area contributed by atoms with E-state index in [1.165, 1.54) is 0 Å². The van der Waals surface area contributed by atoms with Gasteiger partial charge in [-0.15, -0.1) is 11.6 Å². The zero-order chi connectivity index (χ0) is 12.0. The maximum absolute atomic E-state index is 11.7. The van der Waals surface area contributed by atoms with Crippen molar-refractivity contribution < 1.29 is 0 Å². The molecule has 1 N–H and O–H groups in total. The number of nitrogens with zero attached hydrogens (tertiary/aromatic N) is 2. The fourth-order valence-electron chi connectivity index (χ4n) is 1.41. The highest BCUT2D eigenvalue weighted by Gasteiger charge is 2.02. The van der Waals surface area contributed by atoms with E-state index >= 15 is 0 Å². The Morgan fingerprint density at radius 3 is 3.00 bits per heavy atom. The van der Waals surface area contributed by atoms with E-state index in [9.17, 15) is 4.79 Å². The van der Waals surface area contributed by atoms with E-state index < -0.39 is 0 Å². The fraction of sp³-hybridized carbons (Fsp3) is 0.636. The Kier molecular flexibility index (Phi) is 5.32. The van der Waals surface area contributed by atoms with Crippen LogP contribution in [0.25, 0.3) is 0 Å². The molecule has 0 fully saturated rings. The van der Waals surface area contributed by atoms with Gasteiger partial charge in [0.2, 0.25) is 0 Å². The van der Waals surface area contributed by atoms with Gasteiger partial charge in [-0.25, -0.2) is 4.98 Å². The van der Waals surface area contributed by atoms with Crippen molar-refractivity contribution in [3.63, 3.8) is 0 Å². The average molecular weight is 244 g/mol. The number of hydrogen-bond acceptors (Lipinski definition) is 3. The second kappa shape index (κ2) is 6.53. The average Bonchev–Trinajstić information content (AvgIpc) is 2.26. The molecule has 0 radical (unpaired) electrons. The van der Waals surface area contributed by atoms with Crippen molar-refractivity contribution in [3.8, 4) is 0 Å². The molecule has 1 heterocycles. The quantitative estimate of drug-likeness (QED) is 0.615. The SMILES string of the molecule is CCn1ccnc(NCCCC(C)Cl)c1=O. The summed E-state index contributed by atoms with van der Waals surface area (Å²) in [5.41, 5.74) is -0.0658. The molecule has 0 spiro atoms. The second-order valence-electron chi connectivity index (χ2n) is 3.72. The van der Waals surface area contributed by atoms with Gasteiger partial charge in [-0.05, 0) is 26.7 Å². The Labute approximate surface area is 101 Å². The van der Waals surface area contributed by atoms with Crippen molar-refractivity contribution in [1.82, 2.24) is 9.55 Å². The molecule has 4 nitrogen and oxygen atoms in total. The molecule has 0 saturated carbocycles. The number of hydrogen-bond donors (Lipinski definition) is 1. The maximum atomic E-state index is 11.7. The predicted octanol–water partition coefficient (Wildman–Crippen LogP) is 2.08. The first kappa shape index (κ1) is 13.0. The molecular weight excluding hydrogens is 226 g/mol. The molecule has 0 saturated heterocycles. The summed E-state index contributed by atoms with van der Waals surface area (Å²) in [4.78, 5) is 15.8. The van der Waals surface area contributed by atoms with Crippen LogP contribution < -0.4 is 10.9 Å². The summed E-state index contributed by atoms with van der Waals surface area (Å²) in [7, 11) is 0. The van der Waals surface area contributed by atoms with Gasteiger partial charge in [-0.1, -0.05) is 0 Å².